The monoisotopic (exact) mass is 502 g/mol. The number of alkyl halides is 6. The van der Waals surface area contributed by atoms with E-state index in [1.165, 1.54) is 0 Å². The van der Waals surface area contributed by atoms with Crippen LogP contribution in [0.2, 0.25) is 0 Å². The van der Waals surface area contributed by atoms with Gasteiger partial charge < -0.3 is 9.47 Å². The highest BCUT2D eigenvalue weighted by Crippen LogP contribution is 2.35. The second-order valence-electron chi connectivity index (χ2n) is 6.17. The van der Waals surface area contributed by atoms with E-state index in [9.17, 15) is 14.4 Å². The van der Waals surface area contributed by atoms with Crippen molar-refractivity contribution in [2.45, 2.75) is 39.3 Å². The molecule has 0 bridgehead atoms. The number of ether oxygens (including phenoxy) is 2. The van der Waals surface area contributed by atoms with Gasteiger partial charge >= 0.3 is 12.2 Å². The predicted molar refractivity (Wildman–Crippen MR) is 103 cm³/mol. The van der Waals surface area contributed by atoms with E-state index in [1.54, 1.807) is 0 Å². The average Bonchev–Trinajstić information content (AvgIpc) is 2.56. The number of hydrogen-bond donors (Lipinski definition) is 0. The molecule has 0 N–H and O–H groups in total. The van der Waals surface area contributed by atoms with Crippen molar-refractivity contribution in [3.8, 4) is 0 Å². The van der Waals surface area contributed by atoms with Gasteiger partial charge in [-0.15, -0.1) is 0 Å². The van der Waals surface area contributed by atoms with Crippen molar-refractivity contribution < 1.29 is 23.9 Å². The van der Waals surface area contributed by atoms with Crippen LogP contribution in [0.4, 0.5) is 9.59 Å². The first-order valence-corrected chi connectivity index (χ1v) is 10.2. The Bertz CT molecular complexity index is 594. The first-order chi connectivity index (χ1) is 12.4. The van der Waals surface area contributed by atoms with Crippen molar-refractivity contribution >= 4 is 87.6 Å². The number of halogens is 6. The van der Waals surface area contributed by atoms with E-state index >= 15 is 0 Å². The number of Topliss-reactive ketones (excluding diaryl/α,β-unsaturated/α-hetero) is 1. The smallest absolute Gasteiger partial charge is 0.429 e. The van der Waals surface area contributed by atoms with Crippen LogP contribution in [0.3, 0.4) is 0 Å². The third-order valence-corrected chi connectivity index (χ3v) is 4.79. The predicted octanol–water partition coefficient (Wildman–Crippen LogP) is 4.66. The molecule has 1 aliphatic heterocycles. The van der Waals surface area contributed by atoms with Crippen molar-refractivity contribution in [2.75, 3.05) is 19.8 Å². The lowest BCUT2D eigenvalue weighted by atomic mass is 9.80. The van der Waals surface area contributed by atoms with Crippen LogP contribution in [0.15, 0.2) is 0 Å². The number of carbonyl (C=O) groups excluding carboxylic acids is 3. The molecule has 2 atom stereocenters. The Morgan fingerprint density at radius 1 is 0.926 bits per heavy atom. The van der Waals surface area contributed by atoms with E-state index in [-0.39, 0.29) is 12.3 Å². The molecule has 0 radical (unpaired) electrons. The first-order valence-electron chi connectivity index (χ1n) is 7.95. The molecule has 154 valence electrons. The average molecular weight is 505 g/mol. The lowest BCUT2D eigenvalue weighted by Crippen LogP contribution is -2.65. The summed E-state index contributed by atoms with van der Waals surface area (Å²) in [6.07, 6.45) is 0.782. The van der Waals surface area contributed by atoms with Crippen LogP contribution in [-0.2, 0) is 14.3 Å². The molecule has 1 heterocycles. The third-order valence-electron chi connectivity index (χ3n) is 4.14. The second kappa shape index (κ2) is 9.18. The van der Waals surface area contributed by atoms with Crippen molar-refractivity contribution in [1.82, 2.24) is 10.0 Å². The molecule has 0 spiro atoms. The Labute approximate surface area is 185 Å². The molecule has 2 aliphatic rings. The summed E-state index contributed by atoms with van der Waals surface area (Å²) in [6.45, 7) is -1.47. The van der Waals surface area contributed by atoms with E-state index in [4.69, 9.17) is 79.1 Å². The molecule has 1 aliphatic carbocycles. The highest BCUT2D eigenvalue weighted by molar-refractivity contribution is 6.68. The maximum Gasteiger partial charge on any atom is 0.429 e. The summed E-state index contributed by atoms with van der Waals surface area (Å²) >= 11 is 33.5. The van der Waals surface area contributed by atoms with Gasteiger partial charge in [0.15, 0.2) is 5.78 Å². The topological polar surface area (TPSA) is 76.2 Å². The Morgan fingerprint density at radius 2 is 1.44 bits per heavy atom. The molecule has 13 heteroatoms. The van der Waals surface area contributed by atoms with Crippen molar-refractivity contribution in [3.63, 3.8) is 0 Å². The zero-order valence-electron chi connectivity index (χ0n) is 13.8. The van der Waals surface area contributed by atoms with Crippen LogP contribution < -0.4 is 0 Å². The molecular weight excluding hydrogens is 489 g/mol. The van der Waals surface area contributed by atoms with Gasteiger partial charge in [-0.3, -0.25) is 4.79 Å². The molecule has 27 heavy (non-hydrogen) atoms. The summed E-state index contributed by atoms with van der Waals surface area (Å²) in [6, 6.07) is -0.566. The summed E-state index contributed by atoms with van der Waals surface area (Å²) in [7, 11) is 0. The standard InChI is InChI=1S/C14H16Cl6N2O5/c15-13(16,17)6-26-11(24)21-5-10(23)8-3-1-2-4-9(8)22(21)12(25)27-7-14(18,19)20/h8-9H,1-7H2. The molecule has 0 aromatic carbocycles. The van der Waals surface area contributed by atoms with E-state index in [0.29, 0.717) is 12.8 Å². The molecule has 1 saturated carbocycles. The molecule has 2 rings (SSSR count). The van der Waals surface area contributed by atoms with E-state index < -0.39 is 44.9 Å². The summed E-state index contributed by atoms with van der Waals surface area (Å²) in [4.78, 5) is 37.5. The van der Waals surface area contributed by atoms with E-state index in [2.05, 4.69) is 0 Å². The number of ketones is 1. The minimum absolute atomic E-state index is 0.184. The summed E-state index contributed by atoms with van der Waals surface area (Å²) in [5, 5.41) is 1.88. The summed E-state index contributed by atoms with van der Waals surface area (Å²) in [5.41, 5.74) is 0. The number of hydrogen-bond acceptors (Lipinski definition) is 5. The zero-order chi connectivity index (χ0) is 20.4. The molecule has 7 nitrogen and oxygen atoms in total. The summed E-state index contributed by atoms with van der Waals surface area (Å²) < 4.78 is 6.25. The van der Waals surface area contributed by atoms with E-state index in [1.807, 2.05) is 0 Å². The van der Waals surface area contributed by atoms with Gasteiger partial charge in [0.1, 0.15) is 19.8 Å². The van der Waals surface area contributed by atoms with Gasteiger partial charge in [-0.1, -0.05) is 82.4 Å². The van der Waals surface area contributed by atoms with Gasteiger partial charge in [-0.05, 0) is 12.8 Å². The fourth-order valence-electron chi connectivity index (χ4n) is 3.11. The normalized spacial score (nSPS) is 23.7. The van der Waals surface area contributed by atoms with Crippen molar-refractivity contribution in [2.24, 2.45) is 5.92 Å². The van der Waals surface area contributed by atoms with Gasteiger partial charge in [0.2, 0.25) is 7.59 Å². The fourth-order valence-corrected chi connectivity index (χ4v) is 3.44. The SMILES string of the molecule is O=C1CN(C(=O)OCC(Cl)(Cl)Cl)N(C(=O)OCC(Cl)(Cl)Cl)C2CCCCC12. The highest BCUT2D eigenvalue weighted by atomic mass is 35.6. The highest BCUT2D eigenvalue weighted by Gasteiger charge is 2.48. The lowest BCUT2D eigenvalue weighted by molar-refractivity contribution is -0.146. The maximum absolute atomic E-state index is 12.6. The molecule has 1 saturated heterocycles. The van der Waals surface area contributed by atoms with E-state index in [0.717, 1.165) is 22.9 Å². The van der Waals surface area contributed by atoms with Crippen LogP contribution in [0, 0.1) is 5.92 Å². The molecular formula is C14H16Cl6N2O5. The largest absolute Gasteiger partial charge is 0.444 e. The van der Waals surface area contributed by atoms with Gasteiger partial charge in [-0.2, -0.15) is 0 Å². The maximum atomic E-state index is 12.6. The second-order valence-corrected chi connectivity index (χ2v) is 11.2. The number of fused-ring (bicyclic) bond motifs is 1. The minimum Gasteiger partial charge on any atom is -0.444 e. The number of rotatable bonds is 2. The molecule has 2 unspecified atom stereocenters. The summed E-state index contributed by atoms with van der Waals surface area (Å²) in [5.74, 6) is -0.591. The number of hydrazine groups is 1. The van der Waals surface area contributed by atoms with Gasteiger partial charge in [-0.25, -0.2) is 19.6 Å². The number of carbonyl (C=O) groups is 3. The molecule has 0 aromatic rings. The molecule has 2 amide bonds. The first kappa shape index (κ1) is 23.2. The third kappa shape index (κ3) is 6.75. The quantitative estimate of drug-likeness (QED) is 0.511. The van der Waals surface area contributed by atoms with Crippen LogP contribution in [0.25, 0.3) is 0 Å². The molecule has 2 fully saturated rings. The Hall–Kier alpha value is -0.0500. The van der Waals surface area contributed by atoms with Crippen LogP contribution in [0.1, 0.15) is 25.7 Å². The van der Waals surface area contributed by atoms with Crippen LogP contribution in [0.5, 0.6) is 0 Å². The minimum atomic E-state index is -1.84. The zero-order valence-corrected chi connectivity index (χ0v) is 18.3. The Balaban J connectivity index is 2.21. The lowest BCUT2D eigenvalue weighted by Gasteiger charge is -2.47. The fraction of sp³-hybridized carbons (Fsp3) is 0.786. The Kier molecular flexibility index (Phi) is 7.90. The van der Waals surface area contributed by atoms with Crippen molar-refractivity contribution in [3.05, 3.63) is 0 Å². The van der Waals surface area contributed by atoms with Crippen LogP contribution in [-0.4, -0.2) is 61.4 Å². The number of amides is 2. The van der Waals surface area contributed by atoms with Gasteiger partial charge in [0, 0.05) is 5.92 Å². The number of nitrogens with zero attached hydrogens (tertiary/aromatic N) is 2. The Morgan fingerprint density at radius 3 is 2.00 bits per heavy atom. The van der Waals surface area contributed by atoms with Gasteiger partial charge in [0.25, 0.3) is 0 Å². The van der Waals surface area contributed by atoms with Crippen LogP contribution >= 0.6 is 69.6 Å². The van der Waals surface area contributed by atoms with Gasteiger partial charge in [0.05, 0.1) is 6.04 Å². The molecule has 0 aromatic heterocycles. The van der Waals surface area contributed by atoms with Crippen molar-refractivity contribution in [1.29, 1.82) is 0 Å².